The van der Waals surface area contributed by atoms with E-state index in [2.05, 4.69) is 10.3 Å². The fraction of sp³-hybridized carbons (Fsp3) is 0.158. The second kappa shape index (κ2) is 6.79. The highest BCUT2D eigenvalue weighted by Gasteiger charge is 2.36. The van der Waals surface area contributed by atoms with Crippen molar-refractivity contribution in [1.29, 1.82) is 0 Å². The number of benzene rings is 2. The van der Waals surface area contributed by atoms with Crippen molar-refractivity contribution in [2.45, 2.75) is 24.3 Å². The van der Waals surface area contributed by atoms with Gasteiger partial charge < -0.3 is 0 Å². The maximum atomic E-state index is 13.3. The van der Waals surface area contributed by atoms with Crippen molar-refractivity contribution in [2.75, 3.05) is 9.62 Å². The largest absolute Gasteiger partial charge is 0.298 e. The molecule has 27 heavy (non-hydrogen) atoms. The minimum atomic E-state index is -3.78. The van der Waals surface area contributed by atoms with Crippen LogP contribution in [0, 0.1) is 0 Å². The van der Waals surface area contributed by atoms with Crippen LogP contribution in [0.3, 0.4) is 0 Å². The predicted octanol–water partition coefficient (Wildman–Crippen LogP) is 3.54. The molecule has 0 bridgehead atoms. The summed E-state index contributed by atoms with van der Waals surface area (Å²) in [5, 5.41) is 4.89. The Labute approximate surface area is 161 Å². The Balaban J connectivity index is 1.68. The van der Waals surface area contributed by atoms with E-state index < -0.39 is 15.9 Å². The lowest BCUT2D eigenvalue weighted by molar-refractivity contribution is 0.102. The van der Waals surface area contributed by atoms with Crippen LogP contribution in [0.15, 0.2) is 65.0 Å². The molecular formula is C19H17N3O3S2. The molecule has 2 heterocycles. The second-order valence-electron chi connectivity index (χ2n) is 6.30. The number of hydrogen-bond acceptors (Lipinski definition) is 5. The Kier molecular flexibility index (Phi) is 4.45. The number of amides is 1. The molecule has 6 nitrogen and oxygen atoms in total. The summed E-state index contributed by atoms with van der Waals surface area (Å²) >= 11 is 1.30. The van der Waals surface area contributed by atoms with Gasteiger partial charge in [-0.05, 0) is 43.2 Å². The summed E-state index contributed by atoms with van der Waals surface area (Å²) in [5.74, 6) is -0.392. The van der Waals surface area contributed by atoms with Crippen LogP contribution in [0.25, 0.3) is 0 Å². The van der Waals surface area contributed by atoms with Gasteiger partial charge >= 0.3 is 0 Å². The van der Waals surface area contributed by atoms with Crippen LogP contribution in [-0.2, 0) is 16.4 Å². The van der Waals surface area contributed by atoms with Gasteiger partial charge in [-0.2, -0.15) is 0 Å². The normalized spacial score (nSPS) is 16.2. The highest BCUT2D eigenvalue weighted by Crippen LogP contribution is 2.36. The summed E-state index contributed by atoms with van der Waals surface area (Å²) in [7, 11) is -3.78. The lowest BCUT2D eigenvalue weighted by Gasteiger charge is -2.24. The van der Waals surface area contributed by atoms with E-state index >= 15 is 0 Å². The summed E-state index contributed by atoms with van der Waals surface area (Å²) in [5.41, 5.74) is 1.97. The maximum absolute atomic E-state index is 13.3. The highest BCUT2D eigenvalue weighted by molar-refractivity contribution is 7.92. The standard InChI is InChI=1S/C19H17N3O3S2/c1-13-11-14-5-2-3-8-17(14)22(13)27(24,25)16-7-4-6-15(12-16)18(23)21-19-20-9-10-26-19/h2-10,12-13H,11H2,1H3,(H,20,21,23)/t13-/m1/s1. The molecule has 0 aliphatic carbocycles. The number of aromatic nitrogens is 1. The van der Waals surface area contributed by atoms with Gasteiger partial charge in [-0.1, -0.05) is 24.3 Å². The van der Waals surface area contributed by atoms with Crippen LogP contribution in [0.2, 0.25) is 0 Å². The van der Waals surface area contributed by atoms with Crippen molar-refractivity contribution >= 4 is 38.1 Å². The maximum Gasteiger partial charge on any atom is 0.264 e. The number of hydrogen-bond donors (Lipinski definition) is 1. The van der Waals surface area contributed by atoms with E-state index in [9.17, 15) is 13.2 Å². The quantitative estimate of drug-likeness (QED) is 0.728. The molecule has 138 valence electrons. The predicted molar refractivity (Wildman–Crippen MR) is 106 cm³/mol. The van der Waals surface area contributed by atoms with Crippen LogP contribution in [0.5, 0.6) is 0 Å². The van der Waals surface area contributed by atoms with Crippen LogP contribution in [0.1, 0.15) is 22.8 Å². The van der Waals surface area contributed by atoms with Crippen LogP contribution < -0.4 is 9.62 Å². The Hall–Kier alpha value is -2.71. The zero-order valence-electron chi connectivity index (χ0n) is 14.5. The number of carbonyl (C=O) groups excluding carboxylic acids is 1. The van der Waals surface area contributed by atoms with Crippen molar-refractivity contribution in [1.82, 2.24) is 4.98 Å². The number of fused-ring (bicyclic) bond motifs is 1. The fourth-order valence-corrected chi connectivity index (χ4v) is 5.53. The van der Waals surface area contributed by atoms with Crippen LogP contribution in [0.4, 0.5) is 10.8 Å². The first-order valence-corrected chi connectivity index (χ1v) is 10.7. The number of thiazole rings is 1. The Bertz CT molecular complexity index is 1090. The van der Waals surface area contributed by atoms with E-state index in [0.29, 0.717) is 17.2 Å². The molecule has 3 aromatic rings. The number of rotatable bonds is 4. The second-order valence-corrected chi connectivity index (χ2v) is 9.01. The van der Waals surface area contributed by atoms with E-state index in [4.69, 9.17) is 0 Å². The number of carbonyl (C=O) groups is 1. The van der Waals surface area contributed by atoms with Gasteiger partial charge in [0.1, 0.15) is 0 Å². The highest BCUT2D eigenvalue weighted by atomic mass is 32.2. The third-order valence-corrected chi connectivity index (χ3v) is 7.06. The topological polar surface area (TPSA) is 79.4 Å². The molecule has 1 aliphatic rings. The van der Waals surface area contributed by atoms with Crippen molar-refractivity contribution in [3.05, 3.63) is 71.2 Å². The summed E-state index contributed by atoms with van der Waals surface area (Å²) < 4.78 is 28.0. The van der Waals surface area contributed by atoms with Gasteiger partial charge in [0, 0.05) is 23.2 Å². The molecule has 1 amide bonds. The van der Waals surface area contributed by atoms with Crippen LogP contribution >= 0.6 is 11.3 Å². The molecular weight excluding hydrogens is 382 g/mol. The fourth-order valence-electron chi connectivity index (χ4n) is 3.27. The van der Waals surface area contributed by atoms with Crippen molar-refractivity contribution < 1.29 is 13.2 Å². The molecule has 0 saturated heterocycles. The van der Waals surface area contributed by atoms with Gasteiger partial charge in [-0.25, -0.2) is 13.4 Å². The molecule has 0 unspecified atom stereocenters. The molecule has 1 aromatic heterocycles. The average Bonchev–Trinajstić information content (AvgIpc) is 3.28. The summed E-state index contributed by atoms with van der Waals surface area (Å²) in [6.45, 7) is 1.89. The number of sulfonamides is 1. The lowest BCUT2D eigenvalue weighted by atomic mass is 10.1. The number of anilines is 2. The average molecular weight is 399 g/mol. The molecule has 1 atom stereocenters. The van der Waals surface area contributed by atoms with Crippen molar-refractivity contribution in [2.24, 2.45) is 0 Å². The van der Waals surface area contributed by atoms with Crippen LogP contribution in [-0.4, -0.2) is 25.4 Å². The third kappa shape index (κ3) is 3.22. The smallest absolute Gasteiger partial charge is 0.264 e. The van der Waals surface area contributed by atoms with Gasteiger partial charge in [0.25, 0.3) is 15.9 Å². The zero-order chi connectivity index (χ0) is 19.0. The first-order valence-electron chi connectivity index (χ1n) is 8.40. The van der Waals surface area contributed by atoms with Crippen molar-refractivity contribution in [3.63, 3.8) is 0 Å². The van der Waals surface area contributed by atoms with Gasteiger partial charge in [0.15, 0.2) is 5.13 Å². The summed E-state index contributed by atoms with van der Waals surface area (Å²) in [4.78, 5) is 16.5. The van der Waals surface area contributed by atoms with Gasteiger partial charge in [0.2, 0.25) is 0 Å². The number of para-hydroxylation sites is 1. The molecule has 0 radical (unpaired) electrons. The zero-order valence-corrected chi connectivity index (χ0v) is 16.1. The molecule has 1 aliphatic heterocycles. The van der Waals surface area contributed by atoms with E-state index in [1.165, 1.54) is 27.8 Å². The first kappa shape index (κ1) is 17.7. The molecule has 0 saturated carbocycles. The SMILES string of the molecule is C[C@@H]1Cc2ccccc2N1S(=O)(=O)c1cccc(C(=O)Nc2nccs2)c1. The summed E-state index contributed by atoms with van der Waals surface area (Å²) in [6.07, 6.45) is 2.26. The number of nitrogens with one attached hydrogen (secondary N) is 1. The minimum Gasteiger partial charge on any atom is -0.298 e. The molecule has 8 heteroatoms. The number of nitrogens with zero attached hydrogens (tertiary/aromatic N) is 2. The van der Waals surface area contributed by atoms with E-state index in [1.54, 1.807) is 23.7 Å². The van der Waals surface area contributed by atoms with Gasteiger partial charge in [-0.3, -0.25) is 14.4 Å². The lowest BCUT2D eigenvalue weighted by Crippen LogP contribution is -2.35. The van der Waals surface area contributed by atoms with E-state index in [-0.39, 0.29) is 16.5 Å². The molecule has 1 N–H and O–H groups in total. The van der Waals surface area contributed by atoms with Gasteiger partial charge in [-0.15, -0.1) is 11.3 Å². The first-order chi connectivity index (χ1) is 13.0. The Morgan fingerprint density at radius 2 is 2.04 bits per heavy atom. The molecule has 0 fully saturated rings. The van der Waals surface area contributed by atoms with Gasteiger partial charge in [0.05, 0.1) is 10.6 Å². The summed E-state index contributed by atoms with van der Waals surface area (Å²) in [6, 6.07) is 13.4. The Morgan fingerprint density at radius 1 is 1.22 bits per heavy atom. The van der Waals surface area contributed by atoms with E-state index in [1.807, 2.05) is 31.2 Å². The van der Waals surface area contributed by atoms with Crippen molar-refractivity contribution in [3.8, 4) is 0 Å². The van der Waals surface area contributed by atoms with E-state index in [0.717, 1.165) is 5.56 Å². The third-order valence-electron chi connectivity index (χ3n) is 4.45. The molecule has 4 rings (SSSR count). The molecule has 2 aromatic carbocycles. The Morgan fingerprint density at radius 3 is 2.81 bits per heavy atom. The minimum absolute atomic E-state index is 0.0952. The monoisotopic (exact) mass is 399 g/mol. The molecule has 0 spiro atoms.